The summed E-state index contributed by atoms with van der Waals surface area (Å²) in [5, 5.41) is 12.6. The normalized spacial score (nSPS) is 13.1. The molecule has 176 valence electrons. The third kappa shape index (κ3) is 4.66. The number of nitrogens with one attached hydrogen (secondary N) is 1. The van der Waals surface area contributed by atoms with Crippen LogP contribution in [0.25, 0.3) is 22.5 Å². The number of furan rings is 1. The van der Waals surface area contributed by atoms with E-state index < -0.39 is 18.1 Å². The second kappa shape index (κ2) is 9.68. The number of ether oxygens (including phenoxy) is 1. The van der Waals surface area contributed by atoms with E-state index in [9.17, 15) is 14.7 Å². The number of benzene rings is 3. The van der Waals surface area contributed by atoms with Crippen LogP contribution in [0.3, 0.4) is 0 Å². The summed E-state index contributed by atoms with van der Waals surface area (Å²) in [6.07, 6.45) is -0.832. The highest BCUT2D eigenvalue weighted by Crippen LogP contribution is 2.44. The predicted molar refractivity (Wildman–Crippen MR) is 132 cm³/mol. The number of fused-ring (bicyclic) bond motifs is 3. The van der Waals surface area contributed by atoms with Gasteiger partial charge in [-0.2, -0.15) is 0 Å². The topological polar surface area (TPSA) is 88.8 Å². The Kier molecular flexibility index (Phi) is 6.29. The molecule has 0 saturated carbocycles. The molecular formula is C28H22ClNO5. The highest BCUT2D eigenvalue weighted by atomic mass is 35.5. The lowest BCUT2D eigenvalue weighted by molar-refractivity contribution is -0.139. The minimum Gasteiger partial charge on any atom is -0.480 e. The molecule has 1 aromatic heterocycles. The largest absolute Gasteiger partial charge is 0.480 e. The smallest absolute Gasteiger partial charge is 0.407 e. The van der Waals surface area contributed by atoms with Crippen molar-refractivity contribution in [2.24, 2.45) is 0 Å². The molecule has 0 saturated heterocycles. The summed E-state index contributed by atoms with van der Waals surface area (Å²) < 4.78 is 11.3. The van der Waals surface area contributed by atoms with E-state index in [1.807, 2.05) is 54.6 Å². The molecule has 0 aliphatic heterocycles. The SMILES string of the molecule is O=C(NC(Cc1ccc(-c2ccccc2Cl)o1)C(=O)O)OCC1c2ccccc2-c2ccccc21. The van der Waals surface area contributed by atoms with Crippen LogP contribution in [0.1, 0.15) is 22.8 Å². The van der Waals surface area contributed by atoms with Gasteiger partial charge >= 0.3 is 12.1 Å². The maximum Gasteiger partial charge on any atom is 0.407 e. The van der Waals surface area contributed by atoms with Crippen LogP contribution in [-0.4, -0.2) is 29.8 Å². The molecule has 2 N–H and O–H groups in total. The number of carboxylic acids is 1. The molecule has 4 aromatic rings. The number of halogens is 1. The average molecular weight is 488 g/mol. The molecule has 35 heavy (non-hydrogen) atoms. The zero-order chi connectivity index (χ0) is 24.4. The van der Waals surface area contributed by atoms with E-state index in [1.54, 1.807) is 18.2 Å². The molecule has 3 aromatic carbocycles. The minimum atomic E-state index is -1.21. The zero-order valence-electron chi connectivity index (χ0n) is 18.6. The summed E-state index contributed by atoms with van der Waals surface area (Å²) in [5.74, 6) is -0.365. The third-order valence-electron chi connectivity index (χ3n) is 6.14. The maximum atomic E-state index is 12.6. The first kappa shape index (κ1) is 22.7. The van der Waals surface area contributed by atoms with Gasteiger partial charge in [-0.25, -0.2) is 9.59 Å². The molecule has 7 heteroatoms. The van der Waals surface area contributed by atoms with Gasteiger partial charge < -0.3 is 19.6 Å². The summed E-state index contributed by atoms with van der Waals surface area (Å²) in [6, 6.07) is 25.4. The van der Waals surface area contributed by atoms with Crippen molar-refractivity contribution < 1.29 is 23.8 Å². The molecule has 6 nitrogen and oxygen atoms in total. The molecule has 0 radical (unpaired) electrons. The molecule has 1 aliphatic carbocycles. The van der Waals surface area contributed by atoms with Crippen molar-refractivity contribution in [2.45, 2.75) is 18.4 Å². The number of carboxylic acid groups (broad SMARTS) is 1. The molecule has 1 heterocycles. The summed E-state index contributed by atoms with van der Waals surface area (Å²) >= 11 is 6.22. The van der Waals surface area contributed by atoms with Gasteiger partial charge in [0, 0.05) is 17.9 Å². The van der Waals surface area contributed by atoms with E-state index >= 15 is 0 Å². The van der Waals surface area contributed by atoms with Crippen LogP contribution in [-0.2, 0) is 16.0 Å². The Morgan fingerprint density at radius 1 is 0.886 bits per heavy atom. The second-order valence-corrected chi connectivity index (χ2v) is 8.72. The number of aliphatic carboxylic acids is 1. The highest BCUT2D eigenvalue weighted by Gasteiger charge is 2.30. The van der Waals surface area contributed by atoms with Crippen molar-refractivity contribution in [3.05, 3.63) is 107 Å². The lowest BCUT2D eigenvalue weighted by Gasteiger charge is -2.17. The van der Waals surface area contributed by atoms with Crippen molar-refractivity contribution in [3.8, 4) is 22.5 Å². The predicted octanol–water partition coefficient (Wildman–Crippen LogP) is 6.13. The lowest BCUT2D eigenvalue weighted by atomic mass is 9.98. The number of amides is 1. The first-order valence-corrected chi connectivity index (χ1v) is 11.6. The second-order valence-electron chi connectivity index (χ2n) is 8.31. The Bertz CT molecular complexity index is 1350. The van der Waals surface area contributed by atoms with Crippen LogP contribution in [0.5, 0.6) is 0 Å². The lowest BCUT2D eigenvalue weighted by Crippen LogP contribution is -2.42. The molecule has 5 rings (SSSR count). The van der Waals surface area contributed by atoms with Crippen molar-refractivity contribution in [1.82, 2.24) is 5.32 Å². The first-order chi connectivity index (χ1) is 17.0. The molecule has 0 fully saturated rings. The maximum absolute atomic E-state index is 12.6. The number of carbonyl (C=O) groups is 2. The summed E-state index contributed by atoms with van der Waals surface area (Å²) in [7, 11) is 0. The van der Waals surface area contributed by atoms with E-state index in [1.165, 1.54) is 0 Å². The molecule has 0 spiro atoms. The van der Waals surface area contributed by atoms with Gasteiger partial charge in [-0.3, -0.25) is 0 Å². The Balaban J connectivity index is 1.25. The summed E-state index contributed by atoms with van der Waals surface area (Å²) in [6.45, 7) is 0.101. The summed E-state index contributed by atoms with van der Waals surface area (Å²) in [5.41, 5.74) is 5.11. The van der Waals surface area contributed by atoms with Gasteiger partial charge in [-0.1, -0.05) is 72.3 Å². The molecule has 0 bridgehead atoms. The fraction of sp³-hybridized carbons (Fsp3) is 0.143. The number of hydrogen-bond donors (Lipinski definition) is 2. The van der Waals surface area contributed by atoms with Gasteiger partial charge in [0.1, 0.15) is 24.2 Å². The van der Waals surface area contributed by atoms with E-state index in [2.05, 4.69) is 17.4 Å². The third-order valence-corrected chi connectivity index (χ3v) is 6.47. The Morgan fingerprint density at radius 3 is 2.11 bits per heavy atom. The quantitative estimate of drug-likeness (QED) is 0.327. The van der Waals surface area contributed by atoms with Crippen LogP contribution in [0.2, 0.25) is 5.02 Å². The Morgan fingerprint density at radius 2 is 1.49 bits per heavy atom. The zero-order valence-corrected chi connectivity index (χ0v) is 19.4. The highest BCUT2D eigenvalue weighted by molar-refractivity contribution is 6.33. The van der Waals surface area contributed by atoms with E-state index in [0.717, 1.165) is 22.3 Å². The van der Waals surface area contributed by atoms with E-state index in [0.29, 0.717) is 22.1 Å². The number of hydrogen-bond acceptors (Lipinski definition) is 4. The summed E-state index contributed by atoms with van der Waals surface area (Å²) in [4.78, 5) is 24.4. The van der Waals surface area contributed by atoms with Gasteiger partial charge in [0.25, 0.3) is 0 Å². The van der Waals surface area contributed by atoms with Crippen LogP contribution in [0.15, 0.2) is 89.3 Å². The molecule has 1 aliphatic rings. The van der Waals surface area contributed by atoms with Crippen molar-refractivity contribution in [3.63, 3.8) is 0 Å². The van der Waals surface area contributed by atoms with Gasteiger partial charge in [-0.05, 0) is 46.5 Å². The van der Waals surface area contributed by atoms with Gasteiger partial charge in [0.2, 0.25) is 0 Å². The van der Waals surface area contributed by atoms with Crippen LogP contribution in [0.4, 0.5) is 4.79 Å². The fourth-order valence-corrected chi connectivity index (χ4v) is 4.71. The van der Waals surface area contributed by atoms with Gasteiger partial charge in [-0.15, -0.1) is 0 Å². The Hall–Kier alpha value is -4.03. The minimum absolute atomic E-state index is 0.0377. The Labute approximate surface area is 207 Å². The molecule has 1 amide bonds. The van der Waals surface area contributed by atoms with E-state index in [4.69, 9.17) is 20.8 Å². The number of carbonyl (C=O) groups excluding carboxylic acids is 1. The van der Waals surface area contributed by atoms with Crippen LogP contribution in [0, 0.1) is 0 Å². The van der Waals surface area contributed by atoms with Crippen molar-refractivity contribution >= 4 is 23.7 Å². The molecular weight excluding hydrogens is 466 g/mol. The van der Waals surface area contributed by atoms with Crippen molar-refractivity contribution in [1.29, 1.82) is 0 Å². The first-order valence-electron chi connectivity index (χ1n) is 11.2. The fourth-order valence-electron chi connectivity index (χ4n) is 4.48. The van der Waals surface area contributed by atoms with E-state index in [-0.39, 0.29) is 18.9 Å². The average Bonchev–Trinajstić information content (AvgIpc) is 3.45. The number of alkyl carbamates (subject to hydrolysis) is 1. The van der Waals surface area contributed by atoms with Crippen molar-refractivity contribution in [2.75, 3.05) is 6.61 Å². The van der Waals surface area contributed by atoms with Gasteiger partial charge in [0.15, 0.2) is 0 Å². The monoisotopic (exact) mass is 487 g/mol. The number of rotatable bonds is 7. The van der Waals surface area contributed by atoms with Gasteiger partial charge in [0.05, 0.1) is 5.02 Å². The standard InChI is InChI=1S/C28H22ClNO5/c29-24-12-6-5-11-22(24)26-14-13-17(35-26)15-25(27(31)32)30-28(33)34-16-23-20-9-3-1-7-18(20)19-8-2-4-10-21(19)23/h1-14,23,25H,15-16H2,(H,30,33)(H,31,32). The molecule has 1 unspecified atom stereocenters. The van der Waals surface area contributed by atoms with Crippen LogP contribution < -0.4 is 5.32 Å². The molecule has 1 atom stereocenters. The van der Waals surface area contributed by atoms with Crippen LogP contribution >= 0.6 is 11.6 Å².